The van der Waals surface area contributed by atoms with Gasteiger partial charge in [0, 0.05) is 22.8 Å². The highest BCUT2D eigenvalue weighted by Crippen LogP contribution is 2.29. The predicted molar refractivity (Wildman–Crippen MR) is 97.4 cm³/mol. The van der Waals surface area contributed by atoms with Crippen LogP contribution >= 0.6 is 0 Å². The molecule has 116 valence electrons. The number of benzene rings is 2. The molecule has 0 N–H and O–H groups in total. The van der Waals surface area contributed by atoms with Crippen LogP contribution in [0.4, 0.5) is 0 Å². The molecule has 0 amide bonds. The molecule has 24 heavy (non-hydrogen) atoms. The lowest BCUT2D eigenvalue weighted by molar-refractivity contribution is 0.103. The van der Waals surface area contributed by atoms with Crippen molar-refractivity contribution in [3.8, 4) is 11.1 Å². The second-order valence-corrected chi connectivity index (χ2v) is 5.96. The second-order valence-electron chi connectivity index (χ2n) is 5.96. The van der Waals surface area contributed by atoms with Crippen molar-refractivity contribution >= 4 is 11.3 Å². The standard InChI is InChI=1S/C22H17NO/c1-16-10-12-18(13-11-16)22(24)21-20(17-7-3-2-4-8-17)15-19-9-5-6-14-23(19)21/h2-15H,1H3. The average Bonchev–Trinajstić information content (AvgIpc) is 3.02. The summed E-state index contributed by atoms with van der Waals surface area (Å²) >= 11 is 0. The van der Waals surface area contributed by atoms with Crippen molar-refractivity contribution < 1.29 is 4.79 Å². The first-order valence-electron chi connectivity index (χ1n) is 8.01. The summed E-state index contributed by atoms with van der Waals surface area (Å²) < 4.78 is 1.98. The van der Waals surface area contributed by atoms with E-state index >= 15 is 0 Å². The summed E-state index contributed by atoms with van der Waals surface area (Å²) in [5.41, 5.74) is 5.60. The molecule has 0 aliphatic heterocycles. The van der Waals surface area contributed by atoms with Crippen LogP contribution in [-0.2, 0) is 0 Å². The molecule has 0 aliphatic carbocycles. The van der Waals surface area contributed by atoms with Crippen molar-refractivity contribution in [3.63, 3.8) is 0 Å². The van der Waals surface area contributed by atoms with Crippen LogP contribution in [0.15, 0.2) is 85.1 Å². The Kier molecular flexibility index (Phi) is 3.51. The van der Waals surface area contributed by atoms with Crippen molar-refractivity contribution in [2.45, 2.75) is 6.92 Å². The van der Waals surface area contributed by atoms with Crippen molar-refractivity contribution in [2.24, 2.45) is 0 Å². The van der Waals surface area contributed by atoms with E-state index in [2.05, 4.69) is 6.07 Å². The van der Waals surface area contributed by atoms with Gasteiger partial charge in [-0.1, -0.05) is 66.2 Å². The SMILES string of the molecule is Cc1ccc(C(=O)c2c(-c3ccccc3)cc3ccccn23)cc1. The van der Waals surface area contributed by atoms with Gasteiger partial charge >= 0.3 is 0 Å². The highest BCUT2D eigenvalue weighted by atomic mass is 16.1. The van der Waals surface area contributed by atoms with Crippen molar-refractivity contribution in [2.75, 3.05) is 0 Å². The van der Waals surface area contributed by atoms with Gasteiger partial charge in [0.25, 0.3) is 0 Å². The zero-order valence-electron chi connectivity index (χ0n) is 13.4. The van der Waals surface area contributed by atoms with Crippen LogP contribution in [-0.4, -0.2) is 10.2 Å². The number of aryl methyl sites for hydroxylation is 1. The molecule has 0 unspecified atom stereocenters. The van der Waals surface area contributed by atoms with Gasteiger partial charge in [0.15, 0.2) is 0 Å². The van der Waals surface area contributed by atoms with Crippen molar-refractivity contribution in [1.82, 2.24) is 4.40 Å². The minimum absolute atomic E-state index is 0.0417. The van der Waals surface area contributed by atoms with Crippen molar-refractivity contribution in [1.29, 1.82) is 0 Å². The molecule has 2 aromatic heterocycles. The summed E-state index contributed by atoms with van der Waals surface area (Å²) in [6.07, 6.45) is 1.95. The molecule has 0 saturated carbocycles. The first kappa shape index (κ1) is 14.5. The van der Waals surface area contributed by atoms with Gasteiger partial charge in [0.05, 0.1) is 0 Å². The number of hydrogen-bond acceptors (Lipinski definition) is 1. The number of nitrogens with zero attached hydrogens (tertiary/aromatic N) is 1. The lowest BCUT2D eigenvalue weighted by atomic mass is 10.00. The summed E-state index contributed by atoms with van der Waals surface area (Å²) in [6.45, 7) is 2.02. The molecule has 2 aromatic carbocycles. The number of carbonyl (C=O) groups is 1. The van der Waals surface area contributed by atoms with Crippen LogP contribution in [0.2, 0.25) is 0 Å². The van der Waals surface area contributed by atoms with Gasteiger partial charge in [-0.15, -0.1) is 0 Å². The Morgan fingerprint density at radius 1 is 0.833 bits per heavy atom. The fourth-order valence-corrected chi connectivity index (χ4v) is 3.03. The lowest BCUT2D eigenvalue weighted by Gasteiger charge is -2.07. The van der Waals surface area contributed by atoms with E-state index in [0.717, 1.165) is 22.2 Å². The molecule has 0 bridgehead atoms. The number of ketones is 1. The third kappa shape index (κ3) is 2.42. The summed E-state index contributed by atoms with van der Waals surface area (Å²) in [6, 6.07) is 25.9. The highest BCUT2D eigenvalue weighted by molar-refractivity contribution is 6.12. The quantitative estimate of drug-likeness (QED) is 0.480. The van der Waals surface area contributed by atoms with E-state index < -0.39 is 0 Å². The fraction of sp³-hybridized carbons (Fsp3) is 0.0455. The van der Waals surface area contributed by atoms with Gasteiger partial charge < -0.3 is 4.40 Å². The number of fused-ring (bicyclic) bond motifs is 1. The molecule has 0 atom stereocenters. The summed E-state index contributed by atoms with van der Waals surface area (Å²) in [5.74, 6) is 0.0417. The molecule has 0 aliphatic rings. The van der Waals surface area contributed by atoms with Crippen LogP contribution in [0.3, 0.4) is 0 Å². The predicted octanol–water partition coefficient (Wildman–Crippen LogP) is 5.15. The first-order valence-corrected chi connectivity index (χ1v) is 8.01. The Morgan fingerprint density at radius 3 is 2.29 bits per heavy atom. The third-order valence-corrected chi connectivity index (χ3v) is 4.29. The van der Waals surface area contributed by atoms with Gasteiger partial charge in [0.1, 0.15) is 5.69 Å². The van der Waals surface area contributed by atoms with Gasteiger partial charge in [0.2, 0.25) is 5.78 Å². The normalized spacial score (nSPS) is 10.9. The molecule has 4 rings (SSSR count). The Bertz CT molecular complexity index is 1010. The molecule has 2 heteroatoms. The van der Waals surface area contributed by atoms with Crippen LogP contribution in [0.5, 0.6) is 0 Å². The van der Waals surface area contributed by atoms with E-state index in [0.29, 0.717) is 11.3 Å². The van der Waals surface area contributed by atoms with E-state index in [-0.39, 0.29) is 5.78 Å². The molecule has 0 saturated heterocycles. The minimum Gasteiger partial charge on any atom is -0.313 e. The number of aromatic nitrogens is 1. The molecule has 2 heterocycles. The maximum absolute atomic E-state index is 13.2. The monoisotopic (exact) mass is 311 g/mol. The Labute approximate surface area is 141 Å². The van der Waals surface area contributed by atoms with E-state index in [1.165, 1.54) is 0 Å². The number of carbonyl (C=O) groups excluding carboxylic acids is 1. The number of pyridine rings is 1. The molecular weight excluding hydrogens is 294 g/mol. The van der Waals surface area contributed by atoms with Crippen LogP contribution < -0.4 is 0 Å². The summed E-state index contributed by atoms with van der Waals surface area (Å²) in [7, 11) is 0. The van der Waals surface area contributed by atoms with Crippen LogP contribution in [0, 0.1) is 6.92 Å². The van der Waals surface area contributed by atoms with Crippen LogP contribution in [0.25, 0.3) is 16.6 Å². The molecule has 4 aromatic rings. The van der Waals surface area contributed by atoms with Gasteiger partial charge in [-0.25, -0.2) is 0 Å². The first-order chi connectivity index (χ1) is 11.7. The van der Waals surface area contributed by atoms with E-state index in [9.17, 15) is 4.79 Å². The topological polar surface area (TPSA) is 21.5 Å². The van der Waals surface area contributed by atoms with Crippen molar-refractivity contribution in [3.05, 3.63) is 102 Å². The summed E-state index contributed by atoms with van der Waals surface area (Å²) in [5, 5.41) is 0. The molecule has 0 fully saturated rings. The largest absolute Gasteiger partial charge is 0.313 e. The third-order valence-electron chi connectivity index (χ3n) is 4.29. The van der Waals surface area contributed by atoms with E-state index in [1.807, 2.05) is 90.3 Å². The van der Waals surface area contributed by atoms with Crippen LogP contribution in [0.1, 0.15) is 21.6 Å². The minimum atomic E-state index is 0.0417. The Balaban J connectivity index is 1.96. The van der Waals surface area contributed by atoms with Gasteiger partial charge in [-0.2, -0.15) is 0 Å². The molecular formula is C22H17NO. The van der Waals surface area contributed by atoms with Gasteiger partial charge in [-0.3, -0.25) is 4.79 Å². The van der Waals surface area contributed by atoms with E-state index in [4.69, 9.17) is 0 Å². The smallest absolute Gasteiger partial charge is 0.210 e. The lowest BCUT2D eigenvalue weighted by Crippen LogP contribution is -2.06. The summed E-state index contributed by atoms with van der Waals surface area (Å²) in [4.78, 5) is 13.2. The average molecular weight is 311 g/mol. The van der Waals surface area contributed by atoms with Gasteiger partial charge in [-0.05, 0) is 30.7 Å². The number of rotatable bonds is 3. The molecule has 0 spiro atoms. The fourth-order valence-electron chi connectivity index (χ4n) is 3.03. The molecule has 0 radical (unpaired) electrons. The highest BCUT2D eigenvalue weighted by Gasteiger charge is 2.19. The zero-order chi connectivity index (χ0) is 16.5. The zero-order valence-corrected chi connectivity index (χ0v) is 13.4. The Hall–Kier alpha value is -3.13. The maximum Gasteiger partial charge on any atom is 0.210 e. The second kappa shape index (κ2) is 5.82. The molecule has 2 nitrogen and oxygen atoms in total. The van der Waals surface area contributed by atoms with E-state index in [1.54, 1.807) is 0 Å². The maximum atomic E-state index is 13.2. The number of hydrogen-bond donors (Lipinski definition) is 0. The Morgan fingerprint density at radius 2 is 1.54 bits per heavy atom.